The first-order valence-corrected chi connectivity index (χ1v) is 14.2. The first-order valence-electron chi connectivity index (χ1n) is 13.5. The average molecular weight is 567 g/mol. The number of benzene rings is 2. The second kappa shape index (κ2) is 9.58. The Morgan fingerprint density at radius 3 is 2.54 bits per heavy atom. The number of anilines is 1. The van der Waals surface area contributed by atoms with Gasteiger partial charge in [0.2, 0.25) is 5.76 Å². The number of aromatic nitrogens is 1. The van der Waals surface area contributed by atoms with Crippen molar-refractivity contribution in [3.05, 3.63) is 69.6 Å². The van der Waals surface area contributed by atoms with Crippen molar-refractivity contribution in [2.45, 2.75) is 57.2 Å². The fourth-order valence-electron chi connectivity index (χ4n) is 6.25. The van der Waals surface area contributed by atoms with Crippen LogP contribution in [0.1, 0.15) is 66.3 Å². The predicted molar refractivity (Wildman–Crippen MR) is 149 cm³/mol. The van der Waals surface area contributed by atoms with Crippen LogP contribution in [-0.2, 0) is 11.3 Å². The second-order valence-corrected chi connectivity index (χ2v) is 12.0. The van der Waals surface area contributed by atoms with Crippen LogP contribution in [0.15, 0.2) is 51.4 Å². The number of hydrogen-bond acceptors (Lipinski definition) is 6. The fourth-order valence-corrected chi connectivity index (χ4v) is 6.83. The number of hydrogen-bond donors (Lipinski definition) is 1. The van der Waals surface area contributed by atoms with E-state index in [0.717, 1.165) is 74.0 Å². The lowest BCUT2D eigenvalue weighted by Crippen LogP contribution is -2.50. The summed E-state index contributed by atoms with van der Waals surface area (Å²) in [6.07, 6.45) is 6.75. The van der Waals surface area contributed by atoms with Gasteiger partial charge < -0.3 is 23.7 Å². The first kappa shape index (κ1) is 25.0. The van der Waals surface area contributed by atoms with Crippen LogP contribution in [0.2, 0.25) is 10.0 Å². The fraction of sp³-hybridized carbons (Fsp3) is 0.400. The molecule has 2 aromatic carbocycles. The molecule has 1 saturated heterocycles. The molecule has 0 radical (unpaired) electrons. The number of furan rings is 1. The lowest BCUT2D eigenvalue weighted by Gasteiger charge is -2.52. The third kappa shape index (κ3) is 4.60. The molecule has 1 spiro atoms. The standard InChI is InChI=1S/C30H28Cl2N2O5/c31-22-2-1-3-23(32)26(22)27-21(28(39-33-27)17-4-5-17)16-37-20-14-30(15-20)8-10-34(11-9-30)19-6-7-24-18(12-19)13-25(38-24)29(35)36/h1-3,6-7,12-13,17,20H,4-5,8-11,14-16H2,(H,35,36). The van der Waals surface area contributed by atoms with E-state index in [4.69, 9.17) is 36.9 Å². The summed E-state index contributed by atoms with van der Waals surface area (Å²) < 4.78 is 17.6. The molecule has 3 heterocycles. The molecule has 2 aromatic heterocycles. The number of aromatic carboxylic acids is 1. The number of carboxylic acid groups (broad SMARTS) is 1. The van der Waals surface area contributed by atoms with Crippen molar-refractivity contribution in [2.75, 3.05) is 18.0 Å². The highest BCUT2D eigenvalue weighted by molar-refractivity contribution is 6.39. The number of fused-ring (bicyclic) bond motifs is 1. The van der Waals surface area contributed by atoms with Crippen LogP contribution in [0, 0.1) is 5.41 Å². The van der Waals surface area contributed by atoms with Gasteiger partial charge in [-0.05, 0) is 80.3 Å². The molecule has 3 fully saturated rings. The molecule has 7 rings (SSSR count). The van der Waals surface area contributed by atoms with Crippen LogP contribution in [-0.4, -0.2) is 35.4 Å². The molecule has 0 amide bonds. The van der Waals surface area contributed by atoms with Gasteiger partial charge in [0.15, 0.2) is 0 Å². The smallest absolute Gasteiger partial charge is 0.371 e. The number of rotatable bonds is 7. The Morgan fingerprint density at radius 2 is 1.85 bits per heavy atom. The topological polar surface area (TPSA) is 88.9 Å². The molecule has 2 saturated carbocycles. The van der Waals surface area contributed by atoms with Gasteiger partial charge >= 0.3 is 5.97 Å². The predicted octanol–water partition coefficient (Wildman–Crippen LogP) is 7.94. The number of piperidine rings is 1. The van der Waals surface area contributed by atoms with E-state index in [1.54, 1.807) is 6.07 Å². The summed E-state index contributed by atoms with van der Waals surface area (Å²) in [5.41, 5.74) is 4.40. The highest BCUT2D eigenvalue weighted by Crippen LogP contribution is 2.52. The number of carbonyl (C=O) groups is 1. The maximum Gasteiger partial charge on any atom is 0.371 e. The molecular weight excluding hydrogens is 539 g/mol. The van der Waals surface area contributed by atoms with Crippen LogP contribution in [0.5, 0.6) is 0 Å². The summed E-state index contributed by atoms with van der Waals surface area (Å²) in [7, 11) is 0. The Kier molecular flexibility index (Phi) is 6.14. The Morgan fingerprint density at radius 1 is 1.10 bits per heavy atom. The maximum atomic E-state index is 11.2. The number of carboxylic acids is 1. The van der Waals surface area contributed by atoms with Crippen molar-refractivity contribution in [2.24, 2.45) is 5.41 Å². The first-order chi connectivity index (χ1) is 18.9. The van der Waals surface area contributed by atoms with E-state index in [0.29, 0.717) is 44.8 Å². The van der Waals surface area contributed by atoms with Crippen LogP contribution in [0.4, 0.5) is 5.69 Å². The molecule has 1 N–H and O–H groups in total. The van der Waals surface area contributed by atoms with Crippen LogP contribution in [0.25, 0.3) is 22.2 Å². The van der Waals surface area contributed by atoms with Crippen molar-refractivity contribution in [3.63, 3.8) is 0 Å². The van der Waals surface area contributed by atoms with Crippen LogP contribution < -0.4 is 4.90 Å². The number of halogens is 2. The second-order valence-electron chi connectivity index (χ2n) is 11.2. The quantitative estimate of drug-likeness (QED) is 0.243. The van der Waals surface area contributed by atoms with Gasteiger partial charge in [-0.15, -0.1) is 0 Å². The monoisotopic (exact) mass is 566 g/mol. The van der Waals surface area contributed by atoms with Gasteiger partial charge in [-0.3, -0.25) is 0 Å². The molecule has 4 aromatic rings. The Balaban J connectivity index is 0.988. The Labute approximate surface area is 235 Å². The van der Waals surface area contributed by atoms with Crippen LogP contribution in [0.3, 0.4) is 0 Å². The maximum absolute atomic E-state index is 11.2. The van der Waals surface area contributed by atoms with Gasteiger partial charge in [0.1, 0.15) is 17.0 Å². The molecule has 0 unspecified atom stereocenters. The van der Waals surface area contributed by atoms with E-state index in [-0.39, 0.29) is 11.9 Å². The van der Waals surface area contributed by atoms with E-state index in [1.165, 1.54) is 0 Å². The lowest BCUT2D eigenvalue weighted by molar-refractivity contribution is -0.0979. The summed E-state index contributed by atoms with van der Waals surface area (Å²) >= 11 is 13.0. The van der Waals surface area contributed by atoms with Gasteiger partial charge in [-0.25, -0.2) is 4.79 Å². The third-order valence-corrected chi connectivity index (χ3v) is 9.28. The zero-order chi connectivity index (χ0) is 26.7. The zero-order valence-corrected chi connectivity index (χ0v) is 22.8. The molecule has 1 aliphatic heterocycles. The molecule has 3 aliphatic rings. The van der Waals surface area contributed by atoms with E-state index >= 15 is 0 Å². The highest BCUT2D eigenvalue weighted by atomic mass is 35.5. The third-order valence-electron chi connectivity index (χ3n) is 8.65. The lowest BCUT2D eigenvalue weighted by atomic mass is 9.61. The van der Waals surface area contributed by atoms with Gasteiger partial charge in [0.05, 0.1) is 22.8 Å². The zero-order valence-electron chi connectivity index (χ0n) is 21.3. The van der Waals surface area contributed by atoms with E-state index in [1.807, 2.05) is 36.4 Å². The van der Waals surface area contributed by atoms with E-state index in [2.05, 4.69) is 10.1 Å². The molecule has 202 valence electrons. The van der Waals surface area contributed by atoms with Crippen molar-refractivity contribution in [3.8, 4) is 11.3 Å². The normalized spacial score (nSPS) is 19.1. The minimum absolute atomic E-state index is 0.0298. The molecule has 2 aliphatic carbocycles. The van der Waals surface area contributed by atoms with Gasteiger partial charge in [-0.2, -0.15) is 0 Å². The molecular formula is C30H28Cl2N2O5. The number of nitrogens with zero attached hydrogens (tertiary/aromatic N) is 2. The summed E-state index contributed by atoms with van der Waals surface area (Å²) in [4.78, 5) is 13.6. The van der Waals surface area contributed by atoms with Crippen molar-refractivity contribution in [1.29, 1.82) is 0 Å². The Hall–Kier alpha value is -3.00. The van der Waals surface area contributed by atoms with Crippen molar-refractivity contribution < 1.29 is 23.6 Å². The van der Waals surface area contributed by atoms with Crippen molar-refractivity contribution >= 4 is 45.8 Å². The van der Waals surface area contributed by atoms with Gasteiger partial charge in [0.25, 0.3) is 0 Å². The molecule has 0 atom stereocenters. The highest BCUT2D eigenvalue weighted by Gasteiger charge is 2.46. The number of ether oxygens (including phenoxy) is 1. The largest absolute Gasteiger partial charge is 0.475 e. The summed E-state index contributed by atoms with van der Waals surface area (Å²) in [5.74, 6) is 0.234. The molecule has 39 heavy (non-hydrogen) atoms. The van der Waals surface area contributed by atoms with E-state index < -0.39 is 5.97 Å². The summed E-state index contributed by atoms with van der Waals surface area (Å²) in [6, 6.07) is 13.0. The minimum atomic E-state index is -1.05. The van der Waals surface area contributed by atoms with Crippen molar-refractivity contribution in [1.82, 2.24) is 5.16 Å². The van der Waals surface area contributed by atoms with Crippen LogP contribution >= 0.6 is 23.2 Å². The Bertz CT molecular complexity index is 1540. The van der Waals surface area contributed by atoms with Gasteiger partial charge in [-0.1, -0.05) is 34.4 Å². The molecule has 0 bridgehead atoms. The average Bonchev–Trinajstić information content (AvgIpc) is 3.52. The molecule has 9 heteroatoms. The van der Waals surface area contributed by atoms with E-state index in [9.17, 15) is 9.90 Å². The SMILES string of the molecule is O=C(O)c1cc2cc(N3CCC4(CC3)CC(OCc3c(-c5c(Cl)cccc5Cl)noc3C3CC3)C4)ccc2o1. The molecule has 7 nitrogen and oxygen atoms in total. The minimum Gasteiger partial charge on any atom is -0.475 e. The van der Waals surface area contributed by atoms with Gasteiger partial charge in [0, 0.05) is 41.2 Å². The summed E-state index contributed by atoms with van der Waals surface area (Å²) in [5, 5.41) is 15.5. The summed E-state index contributed by atoms with van der Waals surface area (Å²) in [6.45, 7) is 2.38.